The van der Waals surface area contributed by atoms with E-state index in [0.29, 0.717) is 19.0 Å². The van der Waals surface area contributed by atoms with Crippen LogP contribution >= 0.6 is 11.8 Å². The van der Waals surface area contributed by atoms with Crippen molar-refractivity contribution in [2.24, 2.45) is 0 Å². The van der Waals surface area contributed by atoms with E-state index in [1.807, 2.05) is 6.07 Å². The molecule has 1 aromatic rings. The Balaban J connectivity index is 1.86. The molecule has 1 amide bonds. The highest BCUT2D eigenvalue weighted by atomic mass is 32.2. The number of thioether (sulfide) groups is 1. The maximum Gasteiger partial charge on any atom is 0.335 e. The van der Waals surface area contributed by atoms with Gasteiger partial charge in [-0.05, 0) is 37.5 Å². The first-order valence-electron chi connectivity index (χ1n) is 6.90. The predicted molar refractivity (Wildman–Crippen MR) is 80.8 cm³/mol. The van der Waals surface area contributed by atoms with Crippen molar-refractivity contribution in [2.45, 2.75) is 30.7 Å². The summed E-state index contributed by atoms with van der Waals surface area (Å²) in [6.07, 6.45) is 1.70. The second-order valence-corrected chi connectivity index (χ2v) is 6.07. The predicted octanol–water partition coefficient (Wildman–Crippen LogP) is 2.08. The van der Waals surface area contributed by atoms with E-state index < -0.39 is 5.97 Å². The van der Waals surface area contributed by atoms with Gasteiger partial charge in [-0.1, -0.05) is 6.07 Å². The van der Waals surface area contributed by atoms with Crippen LogP contribution in [0.3, 0.4) is 0 Å². The molecule has 0 atom stereocenters. The first-order valence-corrected chi connectivity index (χ1v) is 7.88. The quantitative estimate of drug-likeness (QED) is 0.815. The molecular formula is C15H19NO4S. The minimum absolute atomic E-state index is 0.0237. The largest absolute Gasteiger partial charge is 0.478 e. The van der Waals surface area contributed by atoms with Crippen LogP contribution in [0.25, 0.3) is 0 Å². The van der Waals surface area contributed by atoms with Crippen molar-refractivity contribution in [3.05, 3.63) is 29.3 Å². The lowest BCUT2D eigenvalue weighted by Crippen LogP contribution is -2.39. The summed E-state index contributed by atoms with van der Waals surface area (Å²) in [6, 6.07) is 5.42. The van der Waals surface area contributed by atoms with Gasteiger partial charge in [-0.3, -0.25) is 4.79 Å². The summed E-state index contributed by atoms with van der Waals surface area (Å²) in [5, 5.41) is 12.1. The van der Waals surface area contributed by atoms with Crippen LogP contribution in [0.15, 0.2) is 23.1 Å². The molecule has 0 aliphatic carbocycles. The van der Waals surface area contributed by atoms with Crippen molar-refractivity contribution in [3.63, 3.8) is 0 Å². The van der Waals surface area contributed by atoms with Crippen LogP contribution in [0, 0.1) is 6.92 Å². The number of benzene rings is 1. The molecule has 0 radical (unpaired) electrons. The number of carbonyl (C=O) groups is 2. The Kier molecular flexibility index (Phi) is 5.64. The Morgan fingerprint density at radius 3 is 2.76 bits per heavy atom. The zero-order valence-electron chi connectivity index (χ0n) is 11.9. The fraction of sp³-hybridized carbons (Fsp3) is 0.467. The molecule has 114 valence electrons. The third-order valence-corrected chi connectivity index (χ3v) is 4.39. The Morgan fingerprint density at radius 2 is 2.10 bits per heavy atom. The zero-order valence-corrected chi connectivity index (χ0v) is 12.7. The number of hydrogen-bond acceptors (Lipinski definition) is 4. The average molecular weight is 309 g/mol. The minimum atomic E-state index is -0.943. The highest BCUT2D eigenvalue weighted by molar-refractivity contribution is 8.00. The molecule has 0 bridgehead atoms. The molecule has 1 heterocycles. The highest BCUT2D eigenvalue weighted by Gasteiger charge is 2.16. The molecule has 6 heteroatoms. The first-order chi connectivity index (χ1) is 10.1. The lowest BCUT2D eigenvalue weighted by Gasteiger charge is -2.23. The third-order valence-electron chi connectivity index (χ3n) is 3.40. The standard InChI is InChI=1S/C15H19NO4S/c1-10-2-3-12(8-13(10)15(18)19)21-9-14(17)16-11-4-6-20-7-5-11/h2-3,8,11H,4-7,9H2,1H3,(H,16,17)(H,18,19). The fourth-order valence-electron chi connectivity index (χ4n) is 2.18. The normalized spacial score (nSPS) is 15.7. The Bertz CT molecular complexity index is 526. The van der Waals surface area contributed by atoms with E-state index in [9.17, 15) is 9.59 Å². The number of carboxylic acid groups (broad SMARTS) is 1. The van der Waals surface area contributed by atoms with E-state index in [0.717, 1.165) is 23.3 Å². The molecule has 1 aromatic carbocycles. The number of rotatable bonds is 5. The second kappa shape index (κ2) is 7.47. The molecular weight excluding hydrogens is 290 g/mol. The van der Waals surface area contributed by atoms with Crippen molar-refractivity contribution < 1.29 is 19.4 Å². The van der Waals surface area contributed by atoms with Crippen LogP contribution in [0.5, 0.6) is 0 Å². The summed E-state index contributed by atoms with van der Waals surface area (Å²) in [4.78, 5) is 23.7. The van der Waals surface area contributed by atoms with Gasteiger partial charge < -0.3 is 15.2 Å². The van der Waals surface area contributed by atoms with Crippen LogP contribution in [0.2, 0.25) is 0 Å². The molecule has 0 saturated carbocycles. The fourth-order valence-corrected chi connectivity index (χ4v) is 2.93. The van der Waals surface area contributed by atoms with E-state index >= 15 is 0 Å². The van der Waals surface area contributed by atoms with E-state index in [-0.39, 0.29) is 17.5 Å². The molecule has 1 aliphatic heterocycles. The lowest BCUT2D eigenvalue weighted by atomic mass is 10.1. The number of aromatic carboxylic acids is 1. The number of nitrogens with one attached hydrogen (secondary N) is 1. The van der Waals surface area contributed by atoms with Gasteiger partial charge in [0.25, 0.3) is 0 Å². The third kappa shape index (κ3) is 4.75. The number of ether oxygens (including phenoxy) is 1. The van der Waals surface area contributed by atoms with E-state index in [4.69, 9.17) is 9.84 Å². The summed E-state index contributed by atoms with van der Waals surface area (Å²) in [5.41, 5.74) is 1.00. The summed E-state index contributed by atoms with van der Waals surface area (Å²) in [7, 11) is 0. The number of amides is 1. The van der Waals surface area contributed by atoms with Gasteiger partial charge in [0, 0.05) is 24.2 Å². The maximum atomic E-state index is 11.9. The SMILES string of the molecule is Cc1ccc(SCC(=O)NC2CCOCC2)cc1C(=O)O. The van der Waals surface area contributed by atoms with Crippen LogP contribution < -0.4 is 5.32 Å². The minimum Gasteiger partial charge on any atom is -0.478 e. The molecule has 0 aromatic heterocycles. The molecule has 21 heavy (non-hydrogen) atoms. The van der Waals surface area contributed by atoms with Gasteiger partial charge in [-0.2, -0.15) is 0 Å². The number of carbonyl (C=O) groups excluding carboxylic acids is 1. The van der Waals surface area contributed by atoms with Gasteiger partial charge in [-0.25, -0.2) is 4.79 Å². The highest BCUT2D eigenvalue weighted by Crippen LogP contribution is 2.21. The monoisotopic (exact) mass is 309 g/mol. The molecule has 2 N–H and O–H groups in total. The number of hydrogen-bond donors (Lipinski definition) is 2. The molecule has 1 saturated heterocycles. The molecule has 1 fully saturated rings. The first kappa shape index (κ1) is 15.9. The van der Waals surface area contributed by atoms with Crippen LogP contribution in [0.1, 0.15) is 28.8 Å². The molecule has 1 aliphatic rings. The van der Waals surface area contributed by atoms with Gasteiger partial charge in [0.05, 0.1) is 11.3 Å². The lowest BCUT2D eigenvalue weighted by molar-refractivity contribution is -0.119. The Morgan fingerprint density at radius 1 is 1.38 bits per heavy atom. The summed E-state index contributed by atoms with van der Waals surface area (Å²) >= 11 is 1.35. The van der Waals surface area contributed by atoms with Crippen molar-refractivity contribution in [1.82, 2.24) is 5.32 Å². The van der Waals surface area contributed by atoms with E-state index in [1.165, 1.54) is 11.8 Å². The molecule has 5 nitrogen and oxygen atoms in total. The van der Waals surface area contributed by atoms with Gasteiger partial charge >= 0.3 is 5.97 Å². The summed E-state index contributed by atoms with van der Waals surface area (Å²) in [6.45, 7) is 3.14. The van der Waals surface area contributed by atoms with E-state index in [1.54, 1.807) is 19.1 Å². The van der Waals surface area contributed by atoms with Crippen LogP contribution in [-0.2, 0) is 9.53 Å². The molecule has 0 unspecified atom stereocenters. The van der Waals surface area contributed by atoms with Crippen LogP contribution in [-0.4, -0.2) is 42.0 Å². The van der Waals surface area contributed by atoms with Gasteiger partial charge in [-0.15, -0.1) is 11.8 Å². The second-order valence-electron chi connectivity index (χ2n) is 5.02. The Labute approximate surface area is 128 Å². The topological polar surface area (TPSA) is 75.6 Å². The number of aryl methyl sites for hydroxylation is 1. The van der Waals surface area contributed by atoms with Crippen molar-refractivity contribution >= 4 is 23.6 Å². The molecule has 0 spiro atoms. The number of carboxylic acids is 1. The van der Waals surface area contributed by atoms with Gasteiger partial charge in [0.2, 0.25) is 5.91 Å². The van der Waals surface area contributed by atoms with E-state index in [2.05, 4.69) is 5.32 Å². The summed E-state index contributed by atoms with van der Waals surface area (Å²) < 4.78 is 5.25. The average Bonchev–Trinajstić information content (AvgIpc) is 2.47. The van der Waals surface area contributed by atoms with Crippen molar-refractivity contribution in [3.8, 4) is 0 Å². The van der Waals surface area contributed by atoms with Crippen molar-refractivity contribution in [2.75, 3.05) is 19.0 Å². The maximum absolute atomic E-state index is 11.9. The van der Waals surface area contributed by atoms with Crippen molar-refractivity contribution in [1.29, 1.82) is 0 Å². The van der Waals surface area contributed by atoms with Gasteiger partial charge in [0.1, 0.15) is 0 Å². The molecule has 2 rings (SSSR count). The van der Waals surface area contributed by atoms with Gasteiger partial charge in [0.15, 0.2) is 0 Å². The Hall–Kier alpha value is -1.53. The smallest absolute Gasteiger partial charge is 0.335 e. The van der Waals surface area contributed by atoms with Crippen LogP contribution in [0.4, 0.5) is 0 Å². The zero-order chi connectivity index (χ0) is 15.2. The summed E-state index contributed by atoms with van der Waals surface area (Å²) in [5.74, 6) is -0.676.